The molecule has 5 N–H and O–H groups in total. The van der Waals surface area contributed by atoms with Gasteiger partial charge in [0.25, 0.3) is 0 Å². The Balaban J connectivity index is 1.91. The third-order valence-electron chi connectivity index (χ3n) is 4.01. The maximum absolute atomic E-state index is 12.4. The zero-order valence-electron chi connectivity index (χ0n) is 15.5. The highest BCUT2D eigenvalue weighted by atomic mass is 16.5. The van der Waals surface area contributed by atoms with Crippen LogP contribution in [0.3, 0.4) is 0 Å². The first kappa shape index (κ1) is 21.0. The van der Waals surface area contributed by atoms with Gasteiger partial charge in [0.2, 0.25) is 11.5 Å². The molecule has 0 fully saturated rings. The van der Waals surface area contributed by atoms with Crippen molar-refractivity contribution in [3.8, 4) is 34.5 Å². The van der Waals surface area contributed by atoms with E-state index in [1.165, 1.54) is 12.1 Å². The topological polar surface area (TPSA) is 171 Å². The van der Waals surface area contributed by atoms with Crippen molar-refractivity contribution in [3.63, 3.8) is 0 Å². The van der Waals surface area contributed by atoms with Gasteiger partial charge in [0.05, 0.1) is 16.7 Å². The second kappa shape index (κ2) is 8.33. The van der Waals surface area contributed by atoms with Crippen LogP contribution < -0.4 is 9.47 Å². The van der Waals surface area contributed by atoms with Crippen molar-refractivity contribution in [3.05, 3.63) is 71.3 Å². The van der Waals surface area contributed by atoms with E-state index in [0.29, 0.717) is 0 Å². The number of rotatable bonds is 5. The highest BCUT2D eigenvalue weighted by Crippen LogP contribution is 2.39. The smallest absolute Gasteiger partial charge is 0.343 e. The van der Waals surface area contributed by atoms with Crippen molar-refractivity contribution in [2.45, 2.75) is 0 Å². The third-order valence-corrected chi connectivity index (χ3v) is 4.01. The first-order valence-electron chi connectivity index (χ1n) is 8.52. The molecule has 3 aromatic carbocycles. The van der Waals surface area contributed by atoms with Gasteiger partial charge < -0.3 is 35.0 Å². The number of hydrogen-bond acceptors (Lipinski definition) is 9. The summed E-state index contributed by atoms with van der Waals surface area (Å²) in [6.07, 6.45) is 0. The summed E-state index contributed by atoms with van der Waals surface area (Å²) in [5.74, 6) is -8.12. The number of esters is 2. The van der Waals surface area contributed by atoms with Gasteiger partial charge in [0, 0.05) is 0 Å². The molecule has 0 aromatic heterocycles. The molecule has 0 amide bonds. The van der Waals surface area contributed by atoms with Gasteiger partial charge in [-0.1, -0.05) is 18.2 Å². The van der Waals surface area contributed by atoms with Crippen LogP contribution >= 0.6 is 0 Å². The van der Waals surface area contributed by atoms with Crippen LogP contribution in [0, 0.1) is 0 Å². The SMILES string of the molecule is O=C(O)c1cc(O)c(O)c(OC(=O)c2cc(O)c(O)c(OC(=O)c3ccccc3)c2)c1. The molecular formula is C21H14O10. The number of aromatic carboxylic acids is 1. The molecule has 0 spiro atoms. The molecule has 0 radical (unpaired) electrons. The molecule has 10 nitrogen and oxygen atoms in total. The van der Waals surface area contributed by atoms with Gasteiger partial charge in [-0.2, -0.15) is 0 Å². The Morgan fingerprint density at radius 3 is 1.58 bits per heavy atom. The minimum atomic E-state index is -1.45. The lowest BCUT2D eigenvalue weighted by atomic mass is 10.1. The molecule has 10 heteroatoms. The first-order chi connectivity index (χ1) is 14.7. The molecule has 3 rings (SSSR count). The summed E-state index contributed by atoms with van der Waals surface area (Å²) in [6.45, 7) is 0. The van der Waals surface area contributed by atoms with Crippen molar-refractivity contribution in [1.82, 2.24) is 0 Å². The first-order valence-corrected chi connectivity index (χ1v) is 8.52. The number of hydrogen-bond donors (Lipinski definition) is 5. The summed E-state index contributed by atoms with van der Waals surface area (Å²) in [6, 6.07) is 11.0. The summed E-state index contributed by atoms with van der Waals surface area (Å²) < 4.78 is 9.92. The zero-order chi connectivity index (χ0) is 22.7. The van der Waals surface area contributed by atoms with Crippen molar-refractivity contribution in [1.29, 1.82) is 0 Å². The molecule has 158 valence electrons. The normalized spacial score (nSPS) is 10.3. The van der Waals surface area contributed by atoms with Crippen molar-refractivity contribution in [2.24, 2.45) is 0 Å². The van der Waals surface area contributed by atoms with Crippen LogP contribution in [0.5, 0.6) is 34.5 Å². The van der Waals surface area contributed by atoms with E-state index in [4.69, 9.17) is 14.6 Å². The van der Waals surface area contributed by atoms with E-state index in [1.54, 1.807) is 18.2 Å². The fraction of sp³-hybridized carbons (Fsp3) is 0. The predicted octanol–water partition coefficient (Wildman–Crippen LogP) is 2.65. The monoisotopic (exact) mass is 426 g/mol. The van der Waals surface area contributed by atoms with Gasteiger partial charge in [0.15, 0.2) is 23.0 Å². The molecule has 3 aromatic rings. The van der Waals surface area contributed by atoms with E-state index < -0.39 is 63.5 Å². The Morgan fingerprint density at radius 1 is 0.613 bits per heavy atom. The lowest BCUT2D eigenvalue weighted by Crippen LogP contribution is -2.12. The Morgan fingerprint density at radius 2 is 1.06 bits per heavy atom. The highest BCUT2D eigenvalue weighted by Gasteiger charge is 2.22. The lowest BCUT2D eigenvalue weighted by molar-refractivity contribution is 0.0685. The van der Waals surface area contributed by atoms with Gasteiger partial charge in [-0.3, -0.25) is 0 Å². The van der Waals surface area contributed by atoms with Crippen LogP contribution in [0.2, 0.25) is 0 Å². The minimum absolute atomic E-state index is 0.139. The number of ether oxygens (including phenoxy) is 2. The molecule has 0 heterocycles. The number of aromatic hydroxyl groups is 4. The molecule has 31 heavy (non-hydrogen) atoms. The Labute approximate surface area is 173 Å². The summed E-state index contributed by atoms with van der Waals surface area (Å²) in [4.78, 5) is 35.7. The molecule has 0 unspecified atom stereocenters. The van der Waals surface area contributed by atoms with Crippen molar-refractivity contribution >= 4 is 17.9 Å². The molecule has 0 aliphatic carbocycles. The molecule has 0 aliphatic rings. The highest BCUT2D eigenvalue weighted by molar-refractivity contribution is 5.95. The number of benzene rings is 3. The third kappa shape index (κ3) is 4.48. The Bertz CT molecular complexity index is 1180. The predicted molar refractivity (Wildman–Crippen MR) is 103 cm³/mol. The van der Waals surface area contributed by atoms with Gasteiger partial charge in [-0.05, 0) is 36.4 Å². The average Bonchev–Trinajstić information content (AvgIpc) is 2.74. The van der Waals surface area contributed by atoms with Crippen molar-refractivity contribution in [2.75, 3.05) is 0 Å². The maximum atomic E-state index is 12.4. The zero-order valence-corrected chi connectivity index (χ0v) is 15.5. The van der Waals surface area contributed by atoms with E-state index in [-0.39, 0.29) is 5.56 Å². The molecule has 0 saturated carbocycles. The lowest BCUT2D eigenvalue weighted by Gasteiger charge is -2.11. The molecule has 0 bridgehead atoms. The van der Waals surface area contributed by atoms with Gasteiger partial charge in [-0.15, -0.1) is 0 Å². The number of carboxylic acids is 1. The van der Waals surface area contributed by atoms with E-state index in [9.17, 15) is 34.8 Å². The van der Waals surface area contributed by atoms with Crippen LogP contribution in [-0.2, 0) is 0 Å². The fourth-order valence-electron chi connectivity index (χ4n) is 2.48. The Kier molecular flexibility index (Phi) is 5.64. The Hall–Kier alpha value is -4.73. The van der Waals surface area contributed by atoms with Gasteiger partial charge in [0.1, 0.15) is 0 Å². The molecule has 0 aliphatic heterocycles. The summed E-state index contributed by atoms with van der Waals surface area (Å²) in [5.41, 5.74) is -0.741. The van der Waals surface area contributed by atoms with Gasteiger partial charge in [-0.25, -0.2) is 14.4 Å². The van der Waals surface area contributed by atoms with Crippen molar-refractivity contribution < 1.29 is 49.4 Å². The van der Waals surface area contributed by atoms with E-state index >= 15 is 0 Å². The summed E-state index contributed by atoms with van der Waals surface area (Å²) in [5, 5.41) is 48.3. The fourth-order valence-corrected chi connectivity index (χ4v) is 2.48. The quantitative estimate of drug-likeness (QED) is 0.232. The molecule has 0 atom stereocenters. The van der Waals surface area contributed by atoms with Crippen LogP contribution in [0.25, 0.3) is 0 Å². The van der Waals surface area contributed by atoms with Gasteiger partial charge >= 0.3 is 17.9 Å². The number of phenols is 4. The average molecular weight is 426 g/mol. The largest absolute Gasteiger partial charge is 0.504 e. The number of carboxylic acid groups (broad SMARTS) is 1. The van der Waals surface area contributed by atoms with E-state index in [0.717, 1.165) is 24.3 Å². The van der Waals surface area contributed by atoms with Crippen LogP contribution in [0.15, 0.2) is 54.6 Å². The summed E-state index contributed by atoms with van der Waals surface area (Å²) >= 11 is 0. The molecular weight excluding hydrogens is 412 g/mol. The van der Waals surface area contributed by atoms with Crippen LogP contribution in [0.1, 0.15) is 31.1 Å². The van der Waals surface area contributed by atoms with E-state index in [1.807, 2.05) is 0 Å². The standard InChI is InChI=1S/C21H14O10/c22-13-6-11(19(26)27)8-15(17(13)24)31-21(29)12-7-14(23)18(25)16(9-12)30-20(28)10-4-2-1-3-5-10/h1-9,22-25H,(H,26,27). The number of carbonyl (C=O) groups is 3. The maximum Gasteiger partial charge on any atom is 0.343 e. The number of phenolic OH excluding ortho intramolecular Hbond substituents is 4. The molecule has 0 saturated heterocycles. The second-order valence-corrected chi connectivity index (χ2v) is 6.13. The van der Waals surface area contributed by atoms with Crippen LogP contribution in [-0.4, -0.2) is 43.4 Å². The van der Waals surface area contributed by atoms with Crippen LogP contribution in [0.4, 0.5) is 0 Å². The number of carbonyl (C=O) groups excluding carboxylic acids is 2. The summed E-state index contributed by atoms with van der Waals surface area (Å²) in [7, 11) is 0. The van der Waals surface area contributed by atoms with E-state index in [2.05, 4.69) is 0 Å². The second-order valence-electron chi connectivity index (χ2n) is 6.13. The minimum Gasteiger partial charge on any atom is -0.504 e.